The summed E-state index contributed by atoms with van der Waals surface area (Å²) >= 11 is 0. The number of rotatable bonds is 6. The Morgan fingerprint density at radius 1 is 1.29 bits per heavy atom. The van der Waals surface area contributed by atoms with Crippen molar-refractivity contribution in [2.24, 2.45) is 5.73 Å². The van der Waals surface area contributed by atoms with Crippen molar-refractivity contribution in [3.63, 3.8) is 0 Å². The Balaban J connectivity index is 3.03. The summed E-state index contributed by atoms with van der Waals surface area (Å²) < 4.78 is 65.9. The van der Waals surface area contributed by atoms with Gasteiger partial charge in [-0.25, -0.2) is 0 Å². The molecule has 0 aliphatic carbocycles. The van der Waals surface area contributed by atoms with E-state index in [9.17, 15) is 26.7 Å². The van der Waals surface area contributed by atoms with Gasteiger partial charge in [0.2, 0.25) is 0 Å². The second kappa shape index (κ2) is 7.21. The van der Waals surface area contributed by atoms with Crippen LogP contribution in [0.3, 0.4) is 0 Å². The average molecular weight is 312 g/mol. The molecule has 0 saturated carbocycles. The summed E-state index contributed by atoms with van der Waals surface area (Å²) in [7, 11) is 0. The molecule has 1 aromatic carbocycles. The summed E-state index contributed by atoms with van der Waals surface area (Å²) in [5.74, 6) is -1.56. The Morgan fingerprint density at radius 3 is 2.43 bits per heavy atom. The Kier molecular flexibility index (Phi) is 5.89. The van der Waals surface area contributed by atoms with Gasteiger partial charge in [0.25, 0.3) is 5.91 Å². The lowest BCUT2D eigenvalue weighted by Crippen LogP contribution is -2.41. The van der Waals surface area contributed by atoms with Crippen molar-refractivity contribution in [1.29, 1.82) is 0 Å². The molecule has 0 aromatic heterocycles. The molecule has 4 nitrogen and oxygen atoms in total. The van der Waals surface area contributed by atoms with Crippen molar-refractivity contribution in [2.75, 3.05) is 19.6 Å². The lowest BCUT2D eigenvalue weighted by molar-refractivity contribution is -0.140. The number of nitrogens with two attached hydrogens (primary N) is 1. The van der Waals surface area contributed by atoms with Gasteiger partial charge in [0, 0.05) is 13.1 Å². The summed E-state index contributed by atoms with van der Waals surface area (Å²) in [6.45, 7) is -5.27. The van der Waals surface area contributed by atoms with Gasteiger partial charge in [-0.1, -0.05) is 12.1 Å². The topological polar surface area (TPSA) is 55.6 Å². The minimum atomic E-state index is -4.62. The van der Waals surface area contributed by atoms with Crippen molar-refractivity contribution < 1.29 is 31.5 Å². The van der Waals surface area contributed by atoms with Crippen LogP contribution in [0.4, 0.5) is 22.0 Å². The summed E-state index contributed by atoms with van der Waals surface area (Å²) in [6.07, 6.45) is -4.62. The van der Waals surface area contributed by atoms with E-state index in [1.54, 1.807) is 0 Å². The molecule has 0 spiro atoms. The number of nitrogens with zero attached hydrogens (tertiary/aromatic N) is 1. The van der Waals surface area contributed by atoms with E-state index in [-0.39, 0.29) is 18.7 Å². The van der Waals surface area contributed by atoms with E-state index in [1.165, 1.54) is 12.1 Å². The number of halogens is 5. The van der Waals surface area contributed by atoms with Crippen molar-refractivity contribution in [3.8, 4) is 5.75 Å². The normalized spacial score (nSPS) is 11.6. The van der Waals surface area contributed by atoms with Crippen LogP contribution in [0.15, 0.2) is 24.3 Å². The molecule has 0 radical (unpaired) electrons. The average Bonchev–Trinajstić information content (AvgIpc) is 2.36. The fourth-order valence-corrected chi connectivity index (χ4v) is 1.64. The molecule has 0 aliphatic heterocycles. The number of amides is 1. The molecule has 21 heavy (non-hydrogen) atoms. The van der Waals surface area contributed by atoms with Gasteiger partial charge in [0.05, 0.1) is 5.56 Å². The van der Waals surface area contributed by atoms with Crippen LogP contribution >= 0.6 is 0 Å². The highest BCUT2D eigenvalue weighted by Crippen LogP contribution is 2.24. The van der Waals surface area contributed by atoms with E-state index in [0.717, 1.165) is 12.1 Å². The van der Waals surface area contributed by atoms with Gasteiger partial charge < -0.3 is 15.4 Å². The Labute approximate surface area is 117 Å². The van der Waals surface area contributed by atoms with E-state index in [2.05, 4.69) is 4.74 Å². The van der Waals surface area contributed by atoms with Crippen LogP contribution in [-0.4, -0.2) is 43.2 Å². The SMILES string of the molecule is NCCN(CC(F)(F)F)C(=O)c1ccccc1OC(F)F. The van der Waals surface area contributed by atoms with E-state index < -0.39 is 31.0 Å². The molecule has 0 fully saturated rings. The molecule has 0 saturated heterocycles. The first-order valence-electron chi connectivity index (χ1n) is 5.84. The van der Waals surface area contributed by atoms with Crippen molar-refractivity contribution in [1.82, 2.24) is 4.90 Å². The minimum Gasteiger partial charge on any atom is -0.434 e. The van der Waals surface area contributed by atoms with Crippen molar-refractivity contribution in [2.45, 2.75) is 12.8 Å². The number of carbonyl (C=O) groups is 1. The molecule has 1 amide bonds. The summed E-state index contributed by atoms with van der Waals surface area (Å²) in [5.41, 5.74) is 4.79. The van der Waals surface area contributed by atoms with Crippen LogP contribution in [0.5, 0.6) is 5.75 Å². The Bertz CT molecular complexity index is 479. The molecule has 1 rings (SSSR count). The van der Waals surface area contributed by atoms with Gasteiger partial charge in [-0.3, -0.25) is 4.79 Å². The van der Waals surface area contributed by atoms with E-state index in [1.807, 2.05) is 0 Å². The van der Waals surface area contributed by atoms with Gasteiger partial charge >= 0.3 is 12.8 Å². The van der Waals surface area contributed by atoms with Gasteiger partial charge in [-0.05, 0) is 12.1 Å². The third-order valence-corrected chi connectivity index (χ3v) is 2.39. The van der Waals surface area contributed by atoms with Gasteiger partial charge in [-0.15, -0.1) is 0 Å². The highest BCUT2D eigenvalue weighted by molar-refractivity contribution is 5.97. The minimum absolute atomic E-state index is 0.195. The first kappa shape index (κ1) is 17.2. The highest BCUT2D eigenvalue weighted by Gasteiger charge is 2.33. The zero-order valence-corrected chi connectivity index (χ0v) is 10.7. The lowest BCUT2D eigenvalue weighted by Gasteiger charge is -2.24. The smallest absolute Gasteiger partial charge is 0.406 e. The third kappa shape index (κ3) is 5.54. The summed E-state index contributed by atoms with van der Waals surface area (Å²) in [6, 6.07) is 4.85. The quantitative estimate of drug-likeness (QED) is 0.820. The maximum absolute atomic E-state index is 12.4. The first-order valence-corrected chi connectivity index (χ1v) is 5.84. The standard InChI is InChI=1S/C12H13F5N2O2/c13-11(14)21-9-4-2-1-3-8(9)10(20)19(6-5-18)7-12(15,16)17/h1-4,11H,5-7,18H2. The fraction of sp³-hybridized carbons (Fsp3) is 0.417. The zero-order chi connectivity index (χ0) is 16.0. The molecular weight excluding hydrogens is 299 g/mol. The number of carbonyl (C=O) groups excluding carboxylic acids is 1. The van der Waals surface area contributed by atoms with Crippen LogP contribution in [0.1, 0.15) is 10.4 Å². The summed E-state index contributed by atoms with van der Waals surface area (Å²) in [4.78, 5) is 12.5. The Hall–Kier alpha value is -1.90. The van der Waals surface area contributed by atoms with Crippen LogP contribution in [0, 0.1) is 0 Å². The van der Waals surface area contributed by atoms with E-state index in [0.29, 0.717) is 4.90 Å². The van der Waals surface area contributed by atoms with Crippen LogP contribution in [0.25, 0.3) is 0 Å². The Morgan fingerprint density at radius 2 is 1.90 bits per heavy atom. The molecule has 0 heterocycles. The monoisotopic (exact) mass is 312 g/mol. The highest BCUT2D eigenvalue weighted by atomic mass is 19.4. The molecule has 0 bridgehead atoms. The number of benzene rings is 1. The van der Waals surface area contributed by atoms with Crippen molar-refractivity contribution in [3.05, 3.63) is 29.8 Å². The molecule has 0 atom stereocenters. The second-order valence-corrected chi connectivity index (χ2v) is 4.01. The van der Waals surface area contributed by atoms with Gasteiger partial charge in [0.1, 0.15) is 12.3 Å². The molecule has 0 unspecified atom stereocenters. The molecule has 9 heteroatoms. The lowest BCUT2D eigenvalue weighted by atomic mass is 10.1. The number of alkyl halides is 5. The number of hydrogen-bond donors (Lipinski definition) is 1. The number of ether oxygens (including phenoxy) is 1. The first-order chi connectivity index (χ1) is 9.74. The van der Waals surface area contributed by atoms with Crippen LogP contribution in [0.2, 0.25) is 0 Å². The molecular formula is C12H13F5N2O2. The van der Waals surface area contributed by atoms with Crippen LogP contribution < -0.4 is 10.5 Å². The number of hydrogen-bond acceptors (Lipinski definition) is 3. The maximum atomic E-state index is 12.4. The van der Waals surface area contributed by atoms with Gasteiger partial charge in [0.15, 0.2) is 0 Å². The van der Waals surface area contributed by atoms with E-state index >= 15 is 0 Å². The summed E-state index contributed by atoms with van der Waals surface area (Å²) in [5, 5.41) is 0. The molecule has 1 aromatic rings. The predicted molar refractivity (Wildman–Crippen MR) is 64.1 cm³/mol. The van der Waals surface area contributed by atoms with E-state index in [4.69, 9.17) is 5.73 Å². The maximum Gasteiger partial charge on any atom is 0.406 e. The number of para-hydroxylation sites is 1. The zero-order valence-electron chi connectivity index (χ0n) is 10.7. The largest absolute Gasteiger partial charge is 0.434 e. The molecule has 2 N–H and O–H groups in total. The molecule has 118 valence electrons. The van der Waals surface area contributed by atoms with Crippen molar-refractivity contribution >= 4 is 5.91 Å². The second-order valence-electron chi connectivity index (χ2n) is 4.01. The van der Waals surface area contributed by atoms with Crippen LogP contribution in [-0.2, 0) is 0 Å². The predicted octanol–water partition coefficient (Wildman–Crippen LogP) is 2.25. The van der Waals surface area contributed by atoms with Gasteiger partial charge in [-0.2, -0.15) is 22.0 Å². The third-order valence-electron chi connectivity index (χ3n) is 2.39. The molecule has 0 aliphatic rings. The fourth-order valence-electron chi connectivity index (χ4n) is 1.64.